The van der Waals surface area contributed by atoms with Gasteiger partial charge in [-0.1, -0.05) is 58.3 Å². The van der Waals surface area contributed by atoms with Gasteiger partial charge in [0.25, 0.3) is 0 Å². The van der Waals surface area contributed by atoms with E-state index >= 15 is 0 Å². The Balaban J connectivity index is 3.13. The minimum Gasteiger partial charge on any atom is -0.351 e. The molecule has 0 aromatic rings. The van der Waals surface area contributed by atoms with Gasteiger partial charge in [-0.05, 0) is 6.42 Å². The van der Waals surface area contributed by atoms with E-state index in [1.54, 1.807) is 0 Å². The van der Waals surface area contributed by atoms with Gasteiger partial charge in [-0.25, -0.2) is 4.79 Å². The van der Waals surface area contributed by atoms with Crippen LogP contribution in [0, 0.1) is 0 Å². The molecule has 0 heterocycles. The van der Waals surface area contributed by atoms with Gasteiger partial charge in [0.05, 0.1) is 0 Å². The second-order valence-electron chi connectivity index (χ2n) is 4.49. The summed E-state index contributed by atoms with van der Waals surface area (Å²) in [6.07, 6.45) is 11.3. The van der Waals surface area contributed by atoms with E-state index in [1.165, 1.54) is 44.9 Å². The van der Waals surface area contributed by atoms with Gasteiger partial charge < -0.3 is 5.73 Å². The van der Waals surface area contributed by atoms with E-state index in [0.717, 1.165) is 12.8 Å². The lowest BCUT2D eigenvalue weighted by Crippen LogP contribution is -2.34. The van der Waals surface area contributed by atoms with Gasteiger partial charge in [0.2, 0.25) is 5.91 Å². The number of hydrogen-bond acceptors (Lipinski definition) is 2. The standard InChI is InChI=1S/C13H26N2O2/c1-2-3-4-5-6-7-8-9-10-11-12(16)15-13(14)17/h2-11H2,1H3,(H3,14,15,16,17). The Hall–Kier alpha value is -1.06. The minimum atomic E-state index is -0.758. The quantitative estimate of drug-likeness (QED) is 0.578. The molecule has 0 fully saturated rings. The topological polar surface area (TPSA) is 72.2 Å². The third-order valence-electron chi connectivity index (χ3n) is 2.77. The van der Waals surface area contributed by atoms with Crippen molar-refractivity contribution < 1.29 is 9.59 Å². The molecular formula is C13H26N2O2. The summed E-state index contributed by atoms with van der Waals surface area (Å²) in [5, 5.41) is 2.07. The SMILES string of the molecule is CCCCCCCCCCCC(=O)NC(N)=O. The van der Waals surface area contributed by atoms with Gasteiger partial charge in [-0.15, -0.1) is 0 Å². The highest BCUT2D eigenvalue weighted by Crippen LogP contribution is 2.10. The molecule has 0 aromatic carbocycles. The van der Waals surface area contributed by atoms with Gasteiger partial charge in [0, 0.05) is 6.42 Å². The van der Waals surface area contributed by atoms with Crippen molar-refractivity contribution >= 4 is 11.9 Å². The van der Waals surface area contributed by atoms with Crippen LogP contribution in [0.2, 0.25) is 0 Å². The van der Waals surface area contributed by atoms with Crippen LogP contribution >= 0.6 is 0 Å². The summed E-state index contributed by atoms with van der Waals surface area (Å²) in [6.45, 7) is 2.22. The molecule has 0 saturated carbocycles. The van der Waals surface area contributed by atoms with Crippen molar-refractivity contribution in [1.82, 2.24) is 5.32 Å². The average molecular weight is 242 g/mol. The second-order valence-corrected chi connectivity index (χ2v) is 4.49. The fourth-order valence-corrected chi connectivity index (χ4v) is 1.80. The largest absolute Gasteiger partial charge is 0.351 e. The summed E-state index contributed by atoms with van der Waals surface area (Å²) in [7, 11) is 0. The second kappa shape index (κ2) is 11.4. The Bertz CT molecular complexity index is 217. The highest BCUT2D eigenvalue weighted by atomic mass is 16.2. The molecule has 0 saturated heterocycles. The molecule has 0 atom stereocenters. The summed E-state index contributed by atoms with van der Waals surface area (Å²) in [4.78, 5) is 21.4. The first kappa shape index (κ1) is 15.9. The third-order valence-corrected chi connectivity index (χ3v) is 2.77. The number of imide groups is 1. The highest BCUT2D eigenvalue weighted by molar-refractivity contribution is 5.93. The number of carbonyl (C=O) groups excluding carboxylic acids is 2. The molecule has 3 N–H and O–H groups in total. The van der Waals surface area contributed by atoms with E-state index in [0.29, 0.717) is 6.42 Å². The summed E-state index contributed by atoms with van der Waals surface area (Å²) in [6, 6.07) is -0.758. The average Bonchev–Trinajstić information content (AvgIpc) is 2.26. The van der Waals surface area contributed by atoms with Crippen molar-refractivity contribution in [2.75, 3.05) is 0 Å². The summed E-state index contributed by atoms with van der Waals surface area (Å²) >= 11 is 0. The van der Waals surface area contributed by atoms with Crippen LogP contribution in [0.4, 0.5) is 4.79 Å². The zero-order valence-corrected chi connectivity index (χ0v) is 11.0. The minimum absolute atomic E-state index is 0.263. The van der Waals surface area contributed by atoms with Crippen molar-refractivity contribution in [2.45, 2.75) is 71.1 Å². The Morgan fingerprint density at radius 1 is 0.882 bits per heavy atom. The van der Waals surface area contributed by atoms with Crippen LogP contribution in [0.3, 0.4) is 0 Å². The van der Waals surface area contributed by atoms with Crippen molar-refractivity contribution in [1.29, 1.82) is 0 Å². The zero-order chi connectivity index (χ0) is 12.9. The van der Waals surface area contributed by atoms with Crippen LogP contribution in [0.15, 0.2) is 0 Å². The third kappa shape index (κ3) is 12.9. The molecule has 0 rings (SSSR count). The number of urea groups is 1. The highest BCUT2D eigenvalue weighted by Gasteiger charge is 2.02. The lowest BCUT2D eigenvalue weighted by molar-refractivity contribution is -0.120. The maximum Gasteiger partial charge on any atom is 0.318 e. The summed E-state index contributed by atoms with van der Waals surface area (Å²) in [5.74, 6) is -0.263. The fourth-order valence-electron chi connectivity index (χ4n) is 1.80. The molecule has 17 heavy (non-hydrogen) atoms. The monoisotopic (exact) mass is 242 g/mol. The Morgan fingerprint density at radius 3 is 1.82 bits per heavy atom. The number of unbranched alkanes of at least 4 members (excludes halogenated alkanes) is 8. The summed E-state index contributed by atoms with van der Waals surface area (Å²) < 4.78 is 0. The number of nitrogens with one attached hydrogen (secondary N) is 1. The van der Waals surface area contributed by atoms with Crippen LogP contribution < -0.4 is 11.1 Å². The first-order valence-corrected chi connectivity index (χ1v) is 6.76. The van der Waals surface area contributed by atoms with E-state index < -0.39 is 6.03 Å². The molecule has 0 radical (unpaired) electrons. The van der Waals surface area contributed by atoms with E-state index in [-0.39, 0.29) is 5.91 Å². The maximum atomic E-state index is 11.0. The van der Waals surface area contributed by atoms with Gasteiger partial charge in [0.15, 0.2) is 0 Å². The van der Waals surface area contributed by atoms with Crippen molar-refractivity contribution in [3.63, 3.8) is 0 Å². The molecule has 0 bridgehead atoms. The lowest BCUT2D eigenvalue weighted by atomic mass is 10.1. The number of hydrogen-bond donors (Lipinski definition) is 2. The molecule has 0 unspecified atom stereocenters. The van der Waals surface area contributed by atoms with E-state index in [1.807, 2.05) is 0 Å². The lowest BCUT2D eigenvalue weighted by Gasteiger charge is -2.02. The van der Waals surface area contributed by atoms with Crippen LogP contribution in [0.25, 0.3) is 0 Å². The predicted octanol–water partition coefficient (Wildman–Crippen LogP) is 3.10. The zero-order valence-electron chi connectivity index (χ0n) is 11.0. The number of primary amides is 1. The van der Waals surface area contributed by atoms with Crippen molar-refractivity contribution in [3.05, 3.63) is 0 Å². The molecular weight excluding hydrogens is 216 g/mol. The van der Waals surface area contributed by atoms with Crippen LogP contribution in [-0.2, 0) is 4.79 Å². The molecule has 3 amide bonds. The van der Waals surface area contributed by atoms with E-state index in [9.17, 15) is 9.59 Å². The number of amides is 3. The molecule has 0 aliphatic carbocycles. The molecule has 4 heteroatoms. The van der Waals surface area contributed by atoms with Gasteiger partial charge in [-0.3, -0.25) is 10.1 Å². The first-order chi connectivity index (χ1) is 8.16. The molecule has 100 valence electrons. The Labute approximate surface area is 104 Å². The van der Waals surface area contributed by atoms with E-state index in [4.69, 9.17) is 5.73 Å². The van der Waals surface area contributed by atoms with E-state index in [2.05, 4.69) is 12.2 Å². The van der Waals surface area contributed by atoms with Crippen LogP contribution in [-0.4, -0.2) is 11.9 Å². The van der Waals surface area contributed by atoms with Gasteiger partial charge in [0.1, 0.15) is 0 Å². The van der Waals surface area contributed by atoms with Crippen molar-refractivity contribution in [2.24, 2.45) is 5.73 Å². The summed E-state index contributed by atoms with van der Waals surface area (Å²) in [5.41, 5.74) is 4.83. The smallest absolute Gasteiger partial charge is 0.318 e. The van der Waals surface area contributed by atoms with Crippen molar-refractivity contribution in [3.8, 4) is 0 Å². The molecule has 0 spiro atoms. The first-order valence-electron chi connectivity index (χ1n) is 6.76. The predicted molar refractivity (Wildman–Crippen MR) is 69.6 cm³/mol. The molecule has 0 aromatic heterocycles. The van der Waals surface area contributed by atoms with Gasteiger partial charge in [-0.2, -0.15) is 0 Å². The molecule has 0 aliphatic rings. The van der Waals surface area contributed by atoms with Crippen LogP contribution in [0.1, 0.15) is 71.1 Å². The number of nitrogens with two attached hydrogens (primary N) is 1. The molecule has 4 nitrogen and oxygen atoms in total. The normalized spacial score (nSPS) is 10.2. The maximum absolute atomic E-state index is 11.0. The Morgan fingerprint density at radius 2 is 1.35 bits per heavy atom. The van der Waals surface area contributed by atoms with Gasteiger partial charge >= 0.3 is 6.03 Å². The number of rotatable bonds is 10. The Kier molecular flexibility index (Phi) is 10.7. The van der Waals surface area contributed by atoms with Crippen LogP contribution in [0.5, 0.6) is 0 Å². The molecule has 0 aliphatic heterocycles. The fraction of sp³-hybridized carbons (Fsp3) is 0.846. The number of carbonyl (C=O) groups is 2.